The molecule has 8 heteroatoms. The number of hydrogen-bond acceptors (Lipinski definition) is 6. The van der Waals surface area contributed by atoms with Gasteiger partial charge in [0.05, 0.1) is 19.3 Å². The lowest BCUT2D eigenvalue weighted by molar-refractivity contribution is -0.127. The van der Waals surface area contributed by atoms with Crippen LogP contribution in [0.1, 0.15) is 59.1 Å². The molecule has 2 aliphatic rings. The molecule has 1 aromatic rings. The molecule has 31 heavy (non-hydrogen) atoms. The minimum atomic E-state index is -0.591. The number of benzene rings is 1. The largest absolute Gasteiger partial charge is 0.487 e. The van der Waals surface area contributed by atoms with Crippen molar-refractivity contribution in [2.24, 2.45) is 5.92 Å². The van der Waals surface area contributed by atoms with E-state index in [1.807, 2.05) is 40.7 Å². The number of fused-ring (bicyclic) bond motifs is 1. The first-order valence-corrected chi connectivity index (χ1v) is 10.8. The van der Waals surface area contributed by atoms with Crippen LogP contribution in [-0.2, 0) is 19.0 Å². The molecule has 0 radical (unpaired) electrons. The molecule has 2 N–H and O–H groups in total. The van der Waals surface area contributed by atoms with Crippen molar-refractivity contribution in [1.82, 2.24) is 5.32 Å². The van der Waals surface area contributed by atoms with Gasteiger partial charge >= 0.3 is 6.09 Å². The van der Waals surface area contributed by atoms with Crippen molar-refractivity contribution < 1.29 is 28.5 Å². The Morgan fingerprint density at radius 2 is 2.03 bits per heavy atom. The Morgan fingerprint density at radius 3 is 2.71 bits per heavy atom. The predicted octanol–water partition coefficient (Wildman–Crippen LogP) is 3.81. The summed E-state index contributed by atoms with van der Waals surface area (Å²) in [6.07, 6.45) is 1.03. The van der Waals surface area contributed by atoms with Crippen LogP contribution in [0.5, 0.6) is 5.75 Å². The Balaban J connectivity index is 1.65. The van der Waals surface area contributed by atoms with Crippen LogP contribution in [0.25, 0.3) is 0 Å². The molecular weight excluding hydrogens is 400 g/mol. The van der Waals surface area contributed by atoms with Crippen molar-refractivity contribution in [1.29, 1.82) is 0 Å². The average Bonchev–Trinajstić information content (AvgIpc) is 3.13. The maximum Gasteiger partial charge on any atom is 0.412 e. The minimum absolute atomic E-state index is 0.000527. The number of nitrogens with one attached hydrogen (secondary N) is 2. The van der Waals surface area contributed by atoms with Crippen molar-refractivity contribution >= 4 is 17.7 Å². The smallest absolute Gasteiger partial charge is 0.412 e. The monoisotopic (exact) mass is 434 g/mol. The fourth-order valence-corrected chi connectivity index (χ4v) is 3.75. The van der Waals surface area contributed by atoms with E-state index in [1.165, 1.54) is 0 Å². The van der Waals surface area contributed by atoms with Gasteiger partial charge in [-0.3, -0.25) is 10.1 Å². The van der Waals surface area contributed by atoms with Gasteiger partial charge in [-0.25, -0.2) is 4.79 Å². The van der Waals surface area contributed by atoms with Gasteiger partial charge in [-0.2, -0.15) is 0 Å². The van der Waals surface area contributed by atoms with E-state index >= 15 is 0 Å². The van der Waals surface area contributed by atoms with Crippen molar-refractivity contribution in [3.8, 4) is 5.75 Å². The van der Waals surface area contributed by atoms with Crippen molar-refractivity contribution in [3.63, 3.8) is 0 Å². The quantitative estimate of drug-likeness (QED) is 0.707. The van der Waals surface area contributed by atoms with Crippen LogP contribution < -0.4 is 15.4 Å². The van der Waals surface area contributed by atoms with E-state index in [2.05, 4.69) is 10.6 Å². The van der Waals surface area contributed by atoms with Gasteiger partial charge < -0.3 is 24.3 Å². The van der Waals surface area contributed by atoms with Crippen LogP contribution in [0.3, 0.4) is 0 Å². The van der Waals surface area contributed by atoms with Gasteiger partial charge in [0.25, 0.3) is 0 Å². The van der Waals surface area contributed by atoms with Crippen LogP contribution in [0.15, 0.2) is 18.2 Å². The number of rotatable bonds is 6. The van der Waals surface area contributed by atoms with Crippen LogP contribution in [0.4, 0.5) is 10.5 Å². The van der Waals surface area contributed by atoms with Crippen molar-refractivity contribution in [2.75, 3.05) is 31.7 Å². The van der Waals surface area contributed by atoms with Gasteiger partial charge in [-0.15, -0.1) is 0 Å². The lowest BCUT2D eigenvalue weighted by Crippen LogP contribution is -2.42. The first-order chi connectivity index (χ1) is 14.5. The van der Waals surface area contributed by atoms with E-state index in [9.17, 15) is 9.59 Å². The maximum absolute atomic E-state index is 12.5. The van der Waals surface area contributed by atoms with Crippen molar-refractivity contribution in [3.05, 3.63) is 23.8 Å². The molecule has 0 spiro atoms. The van der Waals surface area contributed by atoms with E-state index in [1.54, 1.807) is 12.1 Å². The summed E-state index contributed by atoms with van der Waals surface area (Å²) in [5.41, 5.74) is 0.359. The van der Waals surface area contributed by atoms with Gasteiger partial charge in [0.15, 0.2) is 0 Å². The Kier molecular flexibility index (Phi) is 7.11. The highest BCUT2D eigenvalue weighted by Gasteiger charge is 2.35. The molecule has 0 aromatic heterocycles. The molecule has 0 aliphatic carbocycles. The molecule has 2 amide bonds. The fraction of sp³-hybridized carbons (Fsp3) is 0.652. The van der Waals surface area contributed by atoms with Gasteiger partial charge in [0, 0.05) is 30.2 Å². The Morgan fingerprint density at radius 1 is 1.26 bits per heavy atom. The topological polar surface area (TPSA) is 95.1 Å². The number of carbonyl (C=O) groups excluding carboxylic acids is 2. The zero-order chi connectivity index (χ0) is 22.6. The third kappa shape index (κ3) is 7.11. The molecule has 0 saturated carbocycles. The number of carbonyl (C=O) groups is 2. The van der Waals surface area contributed by atoms with Gasteiger partial charge in [-0.1, -0.05) is 0 Å². The molecule has 3 rings (SSSR count). The summed E-state index contributed by atoms with van der Waals surface area (Å²) in [7, 11) is 0. The van der Waals surface area contributed by atoms with E-state index in [4.69, 9.17) is 18.9 Å². The summed E-state index contributed by atoms with van der Waals surface area (Å²) in [5, 5.41) is 5.80. The zero-order valence-corrected chi connectivity index (χ0v) is 19.1. The second kappa shape index (κ2) is 9.44. The van der Waals surface area contributed by atoms with Gasteiger partial charge in [-0.05, 0) is 59.2 Å². The molecule has 0 bridgehead atoms. The van der Waals surface area contributed by atoms with E-state index in [-0.39, 0.29) is 18.6 Å². The predicted molar refractivity (Wildman–Crippen MR) is 116 cm³/mol. The maximum atomic E-state index is 12.5. The zero-order valence-electron chi connectivity index (χ0n) is 19.1. The third-order valence-electron chi connectivity index (χ3n) is 5.06. The first-order valence-electron chi connectivity index (χ1n) is 10.8. The van der Waals surface area contributed by atoms with Crippen LogP contribution in [-0.4, -0.2) is 49.6 Å². The standard InChI is InChI=1S/C23H34N2O6/c1-22(2,3)31-21(27)24-16-6-7-19-17(10-16)18(11-23(4,5)30-19)25-20(26)14-29-13-15-8-9-28-12-15/h6-7,10,15,18H,8-9,11-14H2,1-5H3,(H,24,27)(H,25,26). The number of anilines is 1. The number of ether oxygens (including phenoxy) is 4. The molecule has 1 fully saturated rings. The summed E-state index contributed by atoms with van der Waals surface area (Å²) in [5.74, 6) is 0.857. The molecular formula is C23H34N2O6. The summed E-state index contributed by atoms with van der Waals surface area (Å²) in [4.78, 5) is 24.7. The Bertz CT molecular complexity index is 796. The Hall–Kier alpha value is -2.32. The van der Waals surface area contributed by atoms with E-state index in [0.29, 0.717) is 37.0 Å². The summed E-state index contributed by atoms with van der Waals surface area (Å²) >= 11 is 0. The fourth-order valence-electron chi connectivity index (χ4n) is 3.75. The van der Waals surface area contributed by atoms with Gasteiger partial charge in [0.1, 0.15) is 23.6 Å². The summed E-state index contributed by atoms with van der Waals surface area (Å²) < 4.78 is 22.3. The molecule has 2 aliphatic heterocycles. The molecule has 2 atom stereocenters. The normalized spacial score (nSPS) is 22.2. The highest BCUT2D eigenvalue weighted by Crippen LogP contribution is 2.40. The SMILES string of the molecule is CC(C)(C)OC(=O)Nc1ccc2c(c1)C(NC(=O)COCC1CCOC1)CC(C)(C)O2. The van der Waals surface area contributed by atoms with E-state index < -0.39 is 17.3 Å². The highest BCUT2D eigenvalue weighted by atomic mass is 16.6. The van der Waals surface area contributed by atoms with Gasteiger partial charge in [0.2, 0.25) is 5.91 Å². The highest BCUT2D eigenvalue weighted by molar-refractivity contribution is 5.85. The minimum Gasteiger partial charge on any atom is -0.487 e. The van der Waals surface area contributed by atoms with Crippen molar-refractivity contribution in [2.45, 2.75) is 64.7 Å². The molecule has 172 valence electrons. The third-order valence-corrected chi connectivity index (χ3v) is 5.06. The number of amides is 2. The van der Waals surface area contributed by atoms with Crippen LogP contribution >= 0.6 is 0 Å². The molecule has 8 nitrogen and oxygen atoms in total. The van der Waals surface area contributed by atoms with Crippen LogP contribution in [0, 0.1) is 5.92 Å². The van der Waals surface area contributed by atoms with E-state index in [0.717, 1.165) is 18.6 Å². The molecule has 2 unspecified atom stereocenters. The second-order valence-electron chi connectivity index (χ2n) is 9.81. The second-order valence-corrected chi connectivity index (χ2v) is 9.81. The summed E-state index contributed by atoms with van der Waals surface area (Å²) in [6.45, 7) is 11.4. The molecule has 1 saturated heterocycles. The average molecular weight is 435 g/mol. The lowest BCUT2D eigenvalue weighted by atomic mass is 9.89. The number of hydrogen-bond donors (Lipinski definition) is 2. The van der Waals surface area contributed by atoms with Crippen LogP contribution in [0.2, 0.25) is 0 Å². The summed E-state index contributed by atoms with van der Waals surface area (Å²) in [6, 6.07) is 5.12. The Labute approximate surface area is 184 Å². The molecule has 2 heterocycles. The first kappa shape index (κ1) is 23.3. The molecule has 1 aromatic carbocycles. The lowest BCUT2D eigenvalue weighted by Gasteiger charge is -2.38.